The highest BCUT2D eigenvalue weighted by atomic mass is 79.9. The Balaban J connectivity index is 1.64. The first kappa shape index (κ1) is 22.2. The number of amides is 1. The van der Waals surface area contributed by atoms with Crippen LogP contribution in [0.15, 0.2) is 31.8 Å². The fourth-order valence-corrected chi connectivity index (χ4v) is 3.98. The number of ether oxygens (including phenoxy) is 1. The second-order valence-electron chi connectivity index (χ2n) is 6.74. The quantitative estimate of drug-likeness (QED) is 0.508. The number of carbonyl (C=O) groups is 1. The third kappa shape index (κ3) is 4.78. The molecule has 0 unspecified atom stereocenters. The number of halogens is 5. The molecule has 0 atom stereocenters. The average molecular weight is 567 g/mol. The Kier molecular flexibility index (Phi) is 6.37. The zero-order valence-electron chi connectivity index (χ0n) is 15.9. The Bertz CT molecular complexity index is 1110. The minimum Gasteiger partial charge on any atom is -0.448 e. The molecule has 1 saturated heterocycles. The zero-order chi connectivity index (χ0) is 22.2. The van der Waals surface area contributed by atoms with Crippen LogP contribution in [0, 0.1) is 0 Å². The summed E-state index contributed by atoms with van der Waals surface area (Å²) in [6, 6.07) is 3.87. The van der Waals surface area contributed by atoms with Crippen molar-refractivity contribution in [3.05, 3.63) is 38.7 Å². The number of hydrogen-bond acceptors (Lipinski definition) is 6. The molecule has 0 saturated carbocycles. The van der Waals surface area contributed by atoms with Crippen LogP contribution in [0.2, 0.25) is 0 Å². The van der Waals surface area contributed by atoms with Gasteiger partial charge in [0.2, 0.25) is 0 Å². The fourth-order valence-electron chi connectivity index (χ4n) is 3.15. The molecule has 0 radical (unpaired) electrons. The Morgan fingerprint density at radius 2 is 1.97 bits per heavy atom. The van der Waals surface area contributed by atoms with Crippen LogP contribution in [-0.4, -0.2) is 64.8 Å². The van der Waals surface area contributed by atoms with Gasteiger partial charge in [0, 0.05) is 26.2 Å². The number of rotatable bonds is 5. The highest BCUT2D eigenvalue weighted by Crippen LogP contribution is 2.35. The van der Waals surface area contributed by atoms with Crippen LogP contribution in [0.3, 0.4) is 0 Å². The van der Waals surface area contributed by atoms with Crippen molar-refractivity contribution in [2.24, 2.45) is 0 Å². The van der Waals surface area contributed by atoms with E-state index in [2.05, 4.69) is 52.2 Å². The van der Waals surface area contributed by atoms with Gasteiger partial charge >= 0.3 is 6.18 Å². The lowest BCUT2D eigenvalue weighted by Gasteiger charge is -2.26. The molecule has 4 heterocycles. The van der Waals surface area contributed by atoms with Gasteiger partial charge in [-0.05, 0) is 50.1 Å². The van der Waals surface area contributed by atoms with Crippen LogP contribution in [0.5, 0.6) is 0 Å². The van der Waals surface area contributed by atoms with Crippen molar-refractivity contribution in [2.75, 3.05) is 39.4 Å². The minimum absolute atomic E-state index is 0.0367. The lowest BCUT2D eigenvalue weighted by molar-refractivity contribution is -0.142. The van der Waals surface area contributed by atoms with Crippen LogP contribution in [0.4, 0.5) is 13.2 Å². The third-order valence-electron chi connectivity index (χ3n) is 4.68. The van der Waals surface area contributed by atoms with Crippen LogP contribution < -0.4 is 5.32 Å². The van der Waals surface area contributed by atoms with Crippen molar-refractivity contribution < 1.29 is 27.1 Å². The maximum absolute atomic E-state index is 13.7. The number of aromatic nitrogens is 3. The largest absolute Gasteiger partial charge is 0.448 e. The zero-order valence-corrected chi connectivity index (χ0v) is 19.1. The molecule has 13 heteroatoms. The van der Waals surface area contributed by atoms with E-state index in [0.717, 1.165) is 19.2 Å². The SMILES string of the molecule is O=C(NCCN1CCOCC1)c1nn2c(C(F)(F)F)cc(-c3ccc(Br)o3)nc2c1Br. The van der Waals surface area contributed by atoms with Gasteiger partial charge in [-0.25, -0.2) is 9.50 Å². The molecule has 0 bridgehead atoms. The van der Waals surface area contributed by atoms with Crippen molar-refractivity contribution in [3.8, 4) is 11.5 Å². The summed E-state index contributed by atoms with van der Waals surface area (Å²) in [7, 11) is 0. The lowest BCUT2D eigenvalue weighted by Crippen LogP contribution is -2.41. The maximum atomic E-state index is 13.7. The minimum atomic E-state index is -4.73. The molecule has 8 nitrogen and oxygen atoms in total. The number of nitrogens with zero attached hydrogens (tertiary/aromatic N) is 4. The molecule has 1 aliphatic rings. The van der Waals surface area contributed by atoms with Crippen molar-refractivity contribution >= 4 is 43.4 Å². The molecule has 1 aliphatic heterocycles. The number of morpholine rings is 1. The Morgan fingerprint density at radius 1 is 1.23 bits per heavy atom. The second-order valence-corrected chi connectivity index (χ2v) is 8.31. The summed E-state index contributed by atoms with van der Waals surface area (Å²) in [5.41, 5.74) is -1.44. The highest BCUT2D eigenvalue weighted by Gasteiger charge is 2.37. The molecule has 1 fully saturated rings. The van der Waals surface area contributed by atoms with E-state index in [4.69, 9.17) is 9.15 Å². The molecule has 1 amide bonds. The van der Waals surface area contributed by atoms with Crippen LogP contribution in [0.1, 0.15) is 16.2 Å². The molecule has 0 aliphatic carbocycles. The van der Waals surface area contributed by atoms with Crippen LogP contribution in [-0.2, 0) is 10.9 Å². The van der Waals surface area contributed by atoms with E-state index in [0.29, 0.717) is 35.5 Å². The van der Waals surface area contributed by atoms with E-state index in [1.54, 1.807) is 6.07 Å². The number of furan rings is 1. The molecular weight excluding hydrogens is 551 g/mol. The van der Waals surface area contributed by atoms with E-state index in [-0.39, 0.29) is 27.3 Å². The molecule has 3 aromatic rings. The van der Waals surface area contributed by atoms with E-state index in [9.17, 15) is 18.0 Å². The standard InChI is InChI=1S/C18H16Br2F3N5O3/c19-13-2-1-11(31-13)10-9-12(18(21,22)23)28-16(25-10)14(20)15(26-28)17(29)24-3-4-27-5-7-30-8-6-27/h1-2,9H,3-8H2,(H,24,29). The highest BCUT2D eigenvalue weighted by molar-refractivity contribution is 9.10. The molecule has 3 aromatic heterocycles. The predicted molar refractivity (Wildman–Crippen MR) is 111 cm³/mol. The fraction of sp³-hybridized carbons (Fsp3) is 0.389. The van der Waals surface area contributed by atoms with Gasteiger partial charge in [0.25, 0.3) is 5.91 Å². The van der Waals surface area contributed by atoms with Gasteiger partial charge in [0.15, 0.2) is 27.5 Å². The summed E-state index contributed by atoms with van der Waals surface area (Å²) >= 11 is 6.31. The number of nitrogens with one attached hydrogen (secondary N) is 1. The average Bonchev–Trinajstić information content (AvgIpc) is 3.31. The Hall–Kier alpha value is -1.96. The third-order valence-corrected chi connectivity index (χ3v) is 5.84. The Morgan fingerprint density at radius 3 is 2.61 bits per heavy atom. The summed E-state index contributed by atoms with van der Waals surface area (Å²) in [4.78, 5) is 19.0. The predicted octanol–water partition coefficient (Wildman–Crippen LogP) is 3.60. The summed E-state index contributed by atoms with van der Waals surface area (Å²) in [6.45, 7) is 3.71. The van der Waals surface area contributed by atoms with Gasteiger partial charge in [-0.1, -0.05) is 0 Å². The monoisotopic (exact) mass is 565 g/mol. The summed E-state index contributed by atoms with van der Waals surface area (Å²) in [5.74, 6) is -0.453. The molecule has 166 valence electrons. The number of fused-ring (bicyclic) bond motifs is 1. The van der Waals surface area contributed by atoms with Gasteiger partial charge in [-0.15, -0.1) is 0 Å². The number of alkyl halides is 3. The topological polar surface area (TPSA) is 84.9 Å². The molecule has 31 heavy (non-hydrogen) atoms. The molecule has 0 spiro atoms. The lowest BCUT2D eigenvalue weighted by atomic mass is 10.2. The van der Waals surface area contributed by atoms with Gasteiger partial charge in [-0.2, -0.15) is 18.3 Å². The summed E-state index contributed by atoms with van der Waals surface area (Å²) in [5, 5.41) is 6.58. The number of hydrogen-bond donors (Lipinski definition) is 1. The van der Waals surface area contributed by atoms with Gasteiger partial charge in [0.05, 0.1) is 17.7 Å². The van der Waals surface area contributed by atoms with Gasteiger partial charge < -0.3 is 14.5 Å². The smallest absolute Gasteiger partial charge is 0.433 e. The van der Waals surface area contributed by atoms with E-state index >= 15 is 0 Å². The van der Waals surface area contributed by atoms with Crippen LogP contribution >= 0.6 is 31.9 Å². The van der Waals surface area contributed by atoms with Crippen molar-refractivity contribution in [2.45, 2.75) is 6.18 Å². The first-order chi connectivity index (χ1) is 14.7. The van der Waals surface area contributed by atoms with Crippen molar-refractivity contribution in [3.63, 3.8) is 0 Å². The van der Waals surface area contributed by atoms with E-state index in [1.807, 2.05) is 0 Å². The number of carbonyl (C=O) groups excluding carboxylic acids is 1. The van der Waals surface area contributed by atoms with Gasteiger partial charge in [-0.3, -0.25) is 9.69 Å². The summed E-state index contributed by atoms with van der Waals surface area (Å²) in [6.07, 6.45) is -4.73. The first-order valence-electron chi connectivity index (χ1n) is 9.24. The molecular formula is C18H16Br2F3N5O3. The van der Waals surface area contributed by atoms with Crippen molar-refractivity contribution in [1.82, 2.24) is 24.8 Å². The molecule has 4 rings (SSSR count). The van der Waals surface area contributed by atoms with Gasteiger partial charge in [0.1, 0.15) is 5.69 Å². The summed E-state index contributed by atoms with van der Waals surface area (Å²) < 4.78 is 52.8. The second kappa shape index (κ2) is 8.88. The molecule has 0 aromatic carbocycles. The van der Waals surface area contributed by atoms with E-state index in [1.165, 1.54) is 6.07 Å². The Labute approximate surface area is 191 Å². The first-order valence-corrected chi connectivity index (χ1v) is 10.8. The molecule has 1 N–H and O–H groups in total. The van der Waals surface area contributed by atoms with Crippen LogP contribution in [0.25, 0.3) is 17.1 Å². The maximum Gasteiger partial charge on any atom is 0.433 e. The van der Waals surface area contributed by atoms with E-state index < -0.39 is 17.8 Å². The normalized spacial score (nSPS) is 15.5. The van der Waals surface area contributed by atoms with Crippen molar-refractivity contribution in [1.29, 1.82) is 0 Å².